The van der Waals surface area contributed by atoms with Crippen LogP contribution in [0.5, 0.6) is 0 Å². The van der Waals surface area contributed by atoms with Crippen LogP contribution >= 0.6 is 0 Å². The molecule has 0 bridgehead atoms. The Bertz CT molecular complexity index is 1860. The van der Waals surface area contributed by atoms with E-state index in [4.69, 9.17) is 0 Å². The number of halogens is 4. The van der Waals surface area contributed by atoms with Crippen LogP contribution in [0, 0.1) is 42.0 Å². The molecule has 0 nitrogen and oxygen atoms in total. The molecule has 0 aliphatic carbocycles. The molecule has 0 radical (unpaired) electrons. The second-order valence-electron chi connectivity index (χ2n) is 11.1. The monoisotopic (exact) mass is 590 g/mol. The molecule has 0 saturated carbocycles. The molecule has 0 fully saturated rings. The highest BCUT2D eigenvalue weighted by atomic mass is 19.1. The van der Waals surface area contributed by atoms with Gasteiger partial charge in [-0.15, -0.1) is 0 Å². The van der Waals surface area contributed by atoms with Crippen LogP contribution in [-0.2, 0) is 12.8 Å². The highest BCUT2D eigenvalue weighted by Crippen LogP contribution is 2.33. The molecule has 0 aliphatic heterocycles. The zero-order chi connectivity index (χ0) is 31.2. The van der Waals surface area contributed by atoms with Gasteiger partial charge < -0.3 is 0 Å². The van der Waals surface area contributed by atoms with Crippen LogP contribution in [0.3, 0.4) is 0 Å². The van der Waals surface area contributed by atoms with Gasteiger partial charge in [-0.2, -0.15) is 0 Å². The zero-order valence-electron chi connectivity index (χ0n) is 25.2. The van der Waals surface area contributed by atoms with E-state index < -0.39 is 11.6 Å². The molecular formula is C40H34F4. The minimum Gasteiger partial charge on any atom is -0.206 e. The summed E-state index contributed by atoms with van der Waals surface area (Å²) in [5, 5.41) is 0. The minimum absolute atomic E-state index is 0.233. The molecule has 5 rings (SSSR count). The summed E-state index contributed by atoms with van der Waals surface area (Å²) in [5.74, 6) is 4.19. The third-order valence-corrected chi connectivity index (χ3v) is 7.89. The number of benzene rings is 5. The molecular weight excluding hydrogens is 556 g/mol. The van der Waals surface area contributed by atoms with Crippen LogP contribution in [0.4, 0.5) is 17.6 Å². The van der Waals surface area contributed by atoms with Crippen molar-refractivity contribution in [2.45, 2.75) is 52.9 Å². The normalized spacial score (nSPS) is 10.9. The first-order chi connectivity index (χ1) is 21.3. The summed E-state index contributed by atoms with van der Waals surface area (Å²) in [6.45, 7) is 5.95. The Morgan fingerprint density at radius 3 is 1.68 bits per heavy atom. The van der Waals surface area contributed by atoms with Gasteiger partial charge in [-0.05, 0) is 96.0 Å². The van der Waals surface area contributed by atoms with E-state index in [0.29, 0.717) is 45.4 Å². The highest BCUT2D eigenvalue weighted by Gasteiger charge is 2.14. The summed E-state index contributed by atoms with van der Waals surface area (Å²) in [6, 6.07) is 24.7. The van der Waals surface area contributed by atoms with E-state index in [9.17, 15) is 8.78 Å². The van der Waals surface area contributed by atoms with Crippen molar-refractivity contribution in [1.29, 1.82) is 0 Å². The van der Waals surface area contributed by atoms with E-state index in [0.717, 1.165) is 42.4 Å². The second kappa shape index (κ2) is 13.8. The average Bonchev–Trinajstić information content (AvgIpc) is 3.01. The Labute approximate surface area is 257 Å². The van der Waals surface area contributed by atoms with Gasteiger partial charge in [0.25, 0.3) is 0 Å². The minimum atomic E-state index is -0.555. The lowest BCUT2D eigenvalue weighted by Crippen LogP contribution is -1.94. The van der Waals surface area contributed by atoms with E-state index in [2.05, 4.69) is 18.8 Å². The smallest absolute Gasteiger partial charge is 0.139 e. The quantitative estimate of drug-likeness (QED) is 0.0958. The molecule has 0 heterocycles. The molecule has 0 saturated heterocycles. The largest absolute Gasteiger partial charge is 0.206 e. The molecule has 0 aliphatic rings. The van der Waals surface area contributed by atoms with E-state index in [1.165, 1.54) is 24.3 Å². The SMILES string of the molecule is CCCCCc1ccc(-c2ccc(-c3ccc(-c4ccc(C#Cc5c(F)cc(C)cc5CC)cc4)c(F)c3)c(F)c2)c(F)c1. The molecule has 0 unspecified atom stereocenters. The summed E-state index contributed by atoms with van der Waals surface area (Å²) >= 11 is 0. The lowest BCUT2D eigenvalue weighted by Gasteiger charge is -2.11. The van der Waals surface area contributed by atoms with Gasteiger partial charge in [-0.1, -0.05) is 93.1 Å². The highest BCUT2D eigenvalue weighted by molar-refractivity contribution is 5.74. The van der Waals surface area contributed by atoms with E-state index in [1.807, 2.05) is 26.0 Å². The molecule has 4 heteroatoms. The van der Waals surface area contributed by atoms with E-state index in [-0.39, 0.29) is 17.2 Å². The molecule has 5 aromatic rings. The summed E-state index contributed by atoms with van der Waals surface area (Å²) < 4.78 is 59.9. The van der Waals surface area contributed by atoms with Crippen molar-refractivity contribution in [2.24, 2.45) is 0 Å². The lowest BCUT2D eigenvalue weighted by molar-refractivity contribution is 0.620. The zero-order valence-corrected chi connectivity index (χ0v) is 25.2. The van der Waals surface area contributed by atoms with Crippen molar-refractivity contribution in [3.63, 3.8) is 0 Å². The van der Waals surface area contributed by atoms with Gasteiger partial charge in [0.1, 0.15) is 23.3 Å². The Morgan fingerprint density at radius 2 is 1.11 bits per heavy atom. The van der Waals surface area contributed by atoms with Crippen molar-refractivity contribution >= 4 is 0 Å². The maximum atomic E-state index is 15.3. The first-order valence-electron chi connectivity index (χ1n) is 15.1. The first kappa shape index (κ1) is 30.8. The number of hydrogen-bond donors (Lipinski definition) is 0. The van der Waals surface area contributed by atoms with Gasteiger partial charge in [0.05, 0.1) is 5.56 Å². The van der Waals surface area contributed by atoms with Crippen molar-refractivity contribution in [3.8, 4) is 45.2 Å². The molecule has 0 atom stereocenters. The molecule has 44 heavy (non-hydrogen) atoms. The topological polar surface area (TPSA) is 0 Å². The fraction of sp³-hybridized carbons (Fsp3) is 0.200. The number of unbranched alkanes of at least 4 members (excludes halogenated alkanes) is 2. The van der Waals surface area contributed by atoms with Crippen molar-refractivity contribution in [3.05, 3.63) is 142 Å². The predicted molar refractivity (Wildman–Crippen MR) is 172 cm³/mol. The standard InChI is InChI=1S/C40H34F4/c1-4-6-7-8-28-12-18-35(38(42)23-28)31-16-20-36(40(44)25-31)32-15-19-34(39(43)24-32)30-13-9-27(10-14-30)11-17-33-29(5-2)21-26(3)22-37(33)41/h9-10,12-16,18-25H,4-8H2,1-3H3. The van der Waals surface area contributed by atoms with Crippen LogP contribution < -0.4 is 0 Å². The molecule has 0 amide bonds. The molecule has 0 N–H and O–H groups in total. The first-order valence-corrected chi connectivity index (χ1v) is 15.1. The average molecular weight is 591 g/mol. The maximum absolute atomic E-state index is 15.3. The summed E-state index contributed by atoms with van der Waals surface area (Å²) in [4.78, 5) is 0. The van der Waals surface area contributed by atoms with Crippen LogP contribution in [0.25, 0.3) is 33.4 Å². The van der Waals surface area contributed by atoms with Crippen LogP contribution in [-0.4, -0.2) is 0 Å². The van der Waals surface area contributed by atoms with Crippen LogP contribution in [0.2, 0.25) is 0 Å². The lowest BCUT2D eigenvalue weighted by atomic mass is 9.96. The predicted octanol–water partition coefficient (Wildman–Crippen LogP) is 11.2. The van der Waals surface area contributed by atoms with E-state index >= 15 is 8.78 Å². The number of aryl methyl sites for hydroxylation is 3. The molecule has 5 aromatic carbocycles. The fourth-order valence-corrected chi connectivity index (χ4v) is 5.46. The molecule has 0 aromatic heterocycles. The molecule has 222 valence electrons. The van der Waals surface area contributed by atoms with Crippen LogP contribution in [0.1, 0.15) is 60.9 Å². The van der Waals surface area contributed by atoms with Gasteiger partial charge in [-0.3, -0.25) is 0 Å². The van der Waals surface area contributed by atoms with Gasteiger partial charge >= 0.3 is 0 Å². The fourth-order valence-electron chi connectivity index (χ4n) is 5.46. The Kier molecular flexibility index (Phi) is 9.65. The third-order valence-electron chi connectivity index (χ3n) is 7.89. The van der Waals surface area contributed by atoms with Gasteiger partial charge in [-0.25, -0.2) is 17.6 Å². The maximum Gasteiger partial charge on any atom is 0.139 e. The second-order valence-corrected chi connectivity index (χ2v) is 11.1. The summed E-state index contributed by atoms with van der Waals surface area (Å²) in [5.41, 5.74) is 6.10. The molecule has 0 spiro atoms. The van der Waals surface area contributed by atoms with Gasteiger partial charge in [0, 0.05) is 22.3 Å². The Hall–Kier alpha value is -4.62. The Morgan fingerprint density at radius 1 is 0.545 bits per heavy atom. The van der Waals surface area contributed by atoms with Crippen LogP contribution in [0.15, 0.2) is 91.0 Å². The number of hydrogen-bond acceptors (Lipinski definition) is 0. The summed E-state index contributed by atoms with van der Waals surface area (Å²) in [7, 11) is 0. The Balaban J connectivity index is 1.34. The number of rotatable bonds is 8. The van der Waals surface area contributed by atoms with Crippen molar-refractivity contribution in [2.75, 3.05) is 0 Å². The van der Waals surface area contributed by atoms with Gasteiger partial charge in [0.2, 0.25) is 0 Å². The third kappa shape index (κ3) is 6.95. The summed E-state index contributed by atoms with van der Waals surface area (Å²) in [6.07, 6.45) is 4.69. The van der Waals surface area contributed by atoms with Gasteiger partial charge in [0.15, 0.2) is 0 Å². The van der Waals surface area contributed by atoms with Crippen molar-refractivity contribution in [1.82, 2.24) is 0 Å². The van der Waals surface area contributed by atoms with Crippen molar-refractivity contribution < 1.29 is 17.6 Å². The van der Waals surface area contributed by atoms with E-state index in [1.54, 1.807) is 54.6 Å².